The molecular formula is C8H7BrFNO. The number of carbonyl (C=O) groups excluding carboxylic acids is 1. The van der Waals surface area contributed by atoms with Crippen LogP contribution in [0.15, 0.2) is 16.6 Å². The molecule has 64 valence electrons. The topological polar surface area (TPSA) is 43.1 Å². The molecule has 0 fully saturated rings. The van der Waals surface area contributed by atoms with Gasteiger partial charge < -0.3 is 5.73 Å². The lowest BCUT2D eigenvalue weighted by atomic mass is 10.1. The van der Waals surface area contributed by atoms with Crippen LogP contribution >= 0.6 is 15.9 Å². The Morgan fingerprint density at radius 1 is 1.58 bits per heavy atom. The van der Waals surface area contributed by atoms with Crippen molar-refractivity contribution in [1.82, 2.24) is 0 Å². The van der Waals surface area contributed by atoms with Gasteiger partial charge in [-0.15, -0.1) is 0 Å². The van der Waals surface area contributed by atoms with E-state index in [1.54, 1.807) is 0 Å². The Hall–Kier alpha value is -0.900. The second-order valence-electron chi connectivity index (χ2n) is 2.38. The van der Waals surface area contributed by atoms with Gasteiger partial charge in [-0.05, 0) is 35.0 Å². The van der Waals surface area contributed by atoms with Crippen molar-refractivity contribution in [3.8, 4) is 0 Å². The number of halogens is 2. The second kappa shape index (κ2) is 3.23. The Balaban J connectivity index is 3.36. The van der Waals surface area contributed by atoms with Crippen LogP contribution in [0.5, 0.6) is 0 Å². The molecule has 1 aromatic carbocycles. The number of hydrogen-bond donors (Lipinski definition) is 1. The average Bonchev–Trinajstić information content (AvgIpc) is 2.00. The Labute approximate surface area is 77.7 Å². The monoisotopic (exact) mass is 231 g/mol. The maximum absolute atomic E-state index is 13.0. The minimum atomic E-state index is -0.581. The van der Waals surface area contributed by atoms with Crippen LogP contribution in [-0.2, 0) is 0 Å². The lowest BCUT2D eigenvalue weighted by molar-refractivity contribution is 0.101. The molecule has 12 heavy (non-hydrogen) atoms. The van der Waals surface area contributed by atoms with Crippen molar-refractivity contribution in [1.29, 1.82) is 0 Å². The zero-order valence-corrected chi connectivity index (χ0v) is 7.98. The number of nitrogen functional groups attached to an aromatic ring is 1. The first kappa shape index (κ1) is 9.19. The van der Waals surface area contributed by atoms with E-state index in [1.807, 2.05) is 0 Å². The van der Waals surface area contributed by atoms with Crippen LogP contribution in [0.25, 0.3) is 0 Å². The van der Waals surface area contributed by atoms with E-state index in [1.165, 1.54) is 19.1 Å². The molecule has 0 atom stereocenters. The molecular weight excluding hydrogens is 225 g/mol. The predicted octanol–water partition coefficient (Wildman–Crippen LogP) is 2.37. The summed E-state index contributed by atoms with van der Waals surface area (Å²) in [6.07, 6.45) is 0. The quantitative estimate of drug-likeness (QED) is 0.596. The summed E-state index contributed by atoms with van der Waals surface area (Å²) in [4.78, 5) is 10.9. The van der Waals surface area contributed by atoms with Crippen LogP contribution in [0, 0.1) is 5.82 Å². The minimum absolute atomic E-state index is 0.100. The molecule has 0 heterocycles. The number of ketones is 1. The number of anilines is 1. The molecule has 0 unspecified atom stereocenters. The zero-order chi connectivity index (χ0) is 9.30. The molecule has 0 radical (unpaired) electrons. The first-order valence-corrected chi connectivity index (χ1v) is 4.07. The lowest BCUT2D eigenvalue weighted by Crippen LogP contribution is -2.02. The highest BCUT2D eigenvalue weighted by Crippen LogP contribution is 2.24. The van der Waals surface area contributed by atoms with Crippen LogP contribution in [-0.4, -0.2) is 5.78 Å². The fourth-order valence-electron chi connectivity index (χ4n) is 0.873. The Bertz CT molecular complexity index is 338. The van der Waals surface area contributed by atoms with Gasteiger partial charge in [-0.25, -0.2) is 4.39 Å². The van der Waals surface area contributed by atoms with E-state index in [0.717, 1.165) is 0 Å². The summed E-state index contributed by atoms with van der Waals surface area (Å²) >= 11 is 2.96. The van der Waals surface area contributed by atoms with Gasteiger partial charge in [0.15, 0.2) is 11.6 Å². The van der Waals surface area contributed by atoms with Crippen LogP contribution in [0.2, 0.25) is 0 Å². The number of Topliss-reactive ketones (excluding diaryl/α,β-unsaturated/α-hetero) is 1. The maximum atomic E-state index is 13.0. The molecule has 1 rings (SSSR count). The molecule has 2 N–H and O–H groups in total. The van der Waals surface area contributed by atoms with Crippen molar-refractivity contribution in [3.05, 3.63) is 28.0 Å². The van der Waals surface area contributed by atoms with Crippen LogP contribution in [0.1, 0.15) is 17.3 Å². The normalized spacial score (nSPS) is 9.92. The van der Waals surface area contributed by atoms with Gasteiger partial charge >= 0.3 is 0 Å². The predicted molar refractivity (Wildman–Crippen MR) is 48.5 cm³/mol. The van der Waals surface area contributed by atoms with E-state index in [-0.39, 0.29) is 21.5 Å². The first-order chi connectivity index (χ1) is 5.54. The van der Waals surface area contributed by atoms with Crippen molar-refractivity contribution in [3.63, 3.8) is 0 Å². The van der Waals surface area contributed by atoms with Crippen molar-refractivity contribution >= 4 is 27.4 Å². The highest BCUT2D eigenvalue weighted by atomic mass is 79.9. The molecule has 0 amide bonds. The number of hydrogen-bond acceptors (Lipinski definition) is 2. The van der Waals surface area contributed by atoms with Gasteiger partial charge in [-0.2, -0.15) is 0 Å². The molecule has 4 heteroatoms. The van der Waals surface area contributed by atoms with Gasteiger partial charge in [0, 0.05) is 5.56 Å². The van der Waals surface area contributed by atoms with Gasteiger partial charge in [-0.1, -0.05) is 0 Å². The van der Waals surface area contributed by atoms with E-state index in [2.05, 4.69) is 15.9 Å². The van der Waals surface area contributed by atoms with E-state index < -0.39 is 5.82 Å². The maximum Gasteiger partial charge on any atom is 0.161 e. The molecule has 0 saturated heterocycles. The molecule has 0 saturated carbocycles. The van der Waals surface area contributed by atoms with Gasteiger partial charge in [0.2, 0.25) is 0 Å². The highest BCUT2D eigenvalue weighted by molar-refractivity contribution is 9.10. The highest BCUT2D eigenvalue weighted by Gasteiger charge is 2.11. The molecule has 2 nitrogen and oxygen atoms in total. The Morgan fingerprint density at radius 3 is 2.67 bits per heavy atom. The van der Waals surface area contributed by atoms with E-state index in [4.69, 9.17) is 5.73 Å². The third kappa shape index (κ3) is 1.48. The molecule has 0 aliphatic rings. The minimum Gasteiger partial charge on any atom is -0.396 e. The fourth-order valence-corrected chi connectivity index (χ4v) is 1.22. The first-order valence-electron chi connectivity index (χ1n) is 3.28. The Kier molecular flexibility index (Phi) is 2.47. The number of rotatable bonds is 1. The molecule has 0 aromatic heterocycles. The van der Waals surface area contributed by atoms with Gasteiger partial charge in [-0.3, -0.25) is 4.79 Å². The summed E-state index contributed by atoms with van der Waals surface area (Å²) in [5.41, 5.74) is 5.48. The summed E-state index contributed by atoms with van der Waals surface area (Å²) in [6.45, 7) is 1.35. The largest absolute Gasteiger partial charge is 0.396 e. The summed E-state index contributed by atoms with van der Waals surface area (Å²) in [6, 6.07) is 2.95. The molecule has 0 bridgehead atoms. The zero-order valence-electron chi connectivity index (χ0n) is 6.40. The number of benzene rings is 1. The van der Waals surface area contributed by atoms with Crippen LogP contribution in [0.3, 0.4) is 0 Å². The average molecular weight is 232 g/mol. The van der Waals surface area contributed by atoms with Crippen LogP contribution in [0.4, 0.5) is 10.1 Å². The van der Waals surface area contributed by atoms with Crippen molar-refractivity contribution in [2.24, 2.45) is 0 Å². The molecule has 0 spiro atoms. The summed E-state index contributed by atoms with van der Waals surface area (Å²) in [7, 11) is 0. The standard InChI is InChI=1S/C8H7BrFNO/c1-4(12)5-2-3-6(9)7(10)8(5)11/h2-3H,11H2,1H3. The van der Waals surface area contributed by atoms with E-state index in [9.17, 15) is 9.18 Å². The summed E-state index contributed by atoms with van der Waals surface area (Å²) in [5, 5.41) is 0. The van der Waals surface area contributed by atoms with Crippen molar-refractivity contribution in [2.45, 2.75) is 6.92 Å². The van der Waals surface area contributed by atoms with Gasteiger partial charge in [0.05, 0.1) is 10.2 Å². The Morgan fingerprint density at radius 2 is 2.17 bits per heavy atom. The number of carbonyl (C=O) groups is 1. The molecule has 0 aliphatic heterocycles. The number of nitrogens with two attached hydrogens (primary N) is 1. The van der Waals surface area contributed by atoms with Crippen LogP contribution < -0.4 is 5.73 Å². The third-order valence-electron chi connectivity index (χ3n) is 1.51. The second-order valence-corrected chi connectivity index (χ2v) is 3.23. The lowest BCUT2D eigenvalue weighted by Gasteiger charge is -2.03. The van der Waals surface area contributed by atoms with Gasteiger partial charge in [0.25, 0.3) is 0 Å². The SMILES string of the molecule is CC(=O)c1ccc(Br)c(F)c1N. The van der Waals surface area contributed by atoms with Crippen molar-refractivity contribution < 1.29 is 9.18 Å². The van der Waals surface area contributed by atoms with E-state index in [0.29, 0.717) is 0 Å². The smallest absolute Gasteiger partial charge is 0.161 e. The van der Waals surface area contributed by atoms with E-state index >= 15 is 0 Å². The van der Waals surface area contributed by atoms with Gasteiger partial charge in [0.1, 0.15) is 0 Å². The molecule has 1 aromatic rings. The fraction of sp³-hybridized carbons (Fsp3) is 0.125. The van der Waals surface area contributed by atoms with Crippen molar-refractivity contribution in [2.75, 3.05) is 5.73 Å². The molecule has 0 aliphatic carbocycles. The summed E-state index contributed by atoms with van der Waals surface area (Å²) in [5.74, 6) is -0.818. The summed E-state index contributed by atoms with van der Waals surface area (Å²) < 4.78 is 13.3. The third-order valence-corrected chi connectivity index (χ3v) is 2.12.